The van der Waals surface area contributed by atoms with Crippen LogP contribution in [0.3, 0.4) is 0 Å². The molecule has 176 valence electrons. The fourth-order valence-electron chi connectivity index (χ4n) is 3.97. The first-order chi connectivity index (χ1) is 16.4. The number of nitrogen functional groups attached to an aromatic ring is 1. The summed E-state index contributed by atoms with van der Waals surface area (Å²) in [6.45, 7) is 3.91. The van der Waals surface area contributed by atoms with Gasteiger partial charge < -0.3 is 20.3 Å². The van der Waals surface area contributed by atoms with Crippen molar-refractivity contribution in [3.8, 4) is 41.2 Å². The van der Waals surface area contributed by atoms with Crippen LogP contribution in [0.25, 0.3) is 5.52 Å². The summed E-state index contributed by atoms with van der Waals surface area (Å²) < 4.78 is 42.6. The molecule has 0 spiro atoms. The van der Waals surface area contributed by atoms with E-state index in [0.29, 0.717) is 18.7 Å². The van der Waals surface area contributed by atoms with Crippen molar-refractivity contribution in [1.82, 2.24) is 19.8 Å². The Labute approximate surface area is 194 Å². The van der Waals surface area contributed by atoms with Crippen molar-refractivity contribution in [3.05, 3.63) is 35.0 Å². The van der Waals surface area contributed by atoms with Crippen LogP contribution in [0.5, 0.6) is 17.5 Å². The Morgan fingerprint density at radius 3 is 2.56 bits per heavy atom. The zero-order valence-corrected chi connectivity index (χ0v) is 18.9. The molecule has 1 atom stereocenters. The van der Waals surface area contributed by atoms with Gasteiger partial charge in [-0.1, -0.05) is 22.3 Å². The maximum absolute atomic E-state index is 14.8. The van der Waals surface area contributed by atoms with Crippen LogP contribution < -0.4 is 19.7 Å². The quantitative estimate of drug-likeness (QED) is 0.438. The van der Waals surface area contributed by atoms with Crippen LogP contribution in [0.1, 0.15) is 30.5 Å². The number of aromatic hydroxyl groups is 1. The molecule has 4 rings (SSSR count). The molecule has 3 N–H and O–H groups in total. The SMILES string of the molecule is CC#CCN1CC[C@H](n2cc(C#Cc3c(F)c(OC)cc(OC)c3F)c3c(N)nnc(O)[n+]32)C1. The van der Waals surface area contributed by atoms with Gasteiger partial charge in [-0.05, 0) is 18.4 Å². The number of benzene rings is 1. The van der Waals surface area contributed by atoms with Crippen molar-refractivity contribution >= 4 is 11.3 Å². The lowest BCUT2D eigenvalue weighted by Crippen LogP contribution is -2.38. The second-order valence-electron chi connectivity index (χ2n) is 7.61. The summed E-state index contributed by atoms with van der Waals surface area (Å²) in [6, 6.07) is 0.684. The smallest absolute Gasteiger partial charge is 0.493 e. The summed E-state index contributed by atoms with van der Waals surface area (Å²) in [6.07, 6.45) is 2.45. The Bertz CT molecular complexity index is 1350. The number of anilines is 1. The van der Waals surface area contributed by atoms with Crippen LogP contribution in [0.4, 0.5) is 14.6 Å². The van der Waals surface area contributed by atoms with Gasteiger partial charge in [-0.25, -0.2) is 13.5 Å². The van der Waals surface area contributed by atoms with E-state index in [4.69, 9.17) is 15.2 Å². The highest BCUT2D eigenvalue weighted by molar-refractivity contribution is 5.70. The average Bonchev–Trinajstić information content (AvgIpc) is 3.45. The van der Waals surface area contributed by atoms with Gasteiger partial charge in [-0.2, -0.15) is 0 Å². The third kappa shape index (κ3) is 4.02. The molecule has 0 bridgehead atoms. The zero-order valence-electron chi connectivity index (χ0n) is 18.9. The van der Waals surface area contributed by atoms with Crippen LogP contribution in [-0.2, 0) is 0 Å². The molecule has 1 saturated heterocycles. The number of likely N-dealkylation sites (tertiary alicyclic amines) is 1. The van der Waals surface area contributed by atoms with Gasteiger partial charge in [0, 0.05) is 19.2 Å². The number of ether oxygens (including phenoxy) is 2. The molecule has 3 heterocycles. The molecule has 0 saturated carbocycles. The topological polar surface area (TPSA) is 103 Å². The Morgan fingerprint density at radius 1 is 1.21 bits per heavy atom. The standard InChI is InChI=1S/C23H22F2N6O3/c1-4-5-9-29-10-8-15(13-29)30-12-14(21-22(26)27-28-23(32)31(21)30)6-7-16-19(24)17(33-2)11-18(34-3)20(16)25/h11-12,15H,8-10,13,26H2,1-3H3/p+1/t15-/m0/s1. The van der Waals surface area contributed by atoms with Crippen molar-refractivity contribution in [1.29, 1.82) is 0 Å². The van der Waals surface area contributed by atoms with E-state index in [1.165, 1.54) is 18.7 Å². The lowest BCUT2D eigenvalue weighted by atomic mass is 10.1. The summed E-state index contributed by atoms with van der Waals surface area (Å²) >= 11 is 0. The van der Waals surface area contributed by atoms with Crippen LogP contribution >= 0.6 is 0 Å². The molecular weight excluding hydrogens is 446 g/mol. The molecule has 9 nitrogen and oxygen atoms in total. The normalized spacial score (nSPS) is 15.5. The van der Waals surface area contributed by atoms with E-state index in [1.807, 2.05) is 0 Å². The highest BCUT2D eigenvalue weighted by atomic mass is 19.1. The van der Waals surface area contributed by atoms with E-state index in [1.54, 1.807) is 17.8 Å². The van der Waals surface area contributed by atoms with E-state index >= 15 is 0 Å². The Hall–Kier alpha value is -4.09. The van der Waals surface area contributed by atoms with Gasteiger partial charge in [0.2, 0.25) is 11.3 Å². The molecule has 0 radical (unpaired) electrons. The van der Waals surface area contributed by atoms with Crippen molar-refractivity contribution < 1.29 is 27.9 Å². The number of rotatable bonds is 4. The lowest BCUT2D eigenvalue weighted by Gasteiger charge is -2.12. The molecule has 1 aliphatic rings. The molecule has 34 heavy (non-hydrogen) atoms. The third-order valence-electron chi connectivity index (χ3n) is 5.64. The average molecular weight is 469 g/mol. The minimum Gasteiger partial charge on any atom is -0.493 e. The summed E-state index contributed by atoms with van der Waals surface area (Å²) in [5, 5.41) is 17.9. The summed E-state index contributed by atoms with van der Waals surface area (Å²) in [7, 11) is 2.52. The van der Waals surface area contributed by atoms with Gasteiger partial charge in [0.15, 0.2) is 23.1 Å². The Morgan fingerprint density at radius 2 is 1.91 bits per heavy atom. The number of halogens is 2. The van der Waals surface area contributed by atoms with Gasteiger partial charge in [0.25, 0.3) is 0 Å². The van der Waals surface area contributed by atoms with Crippen molar-refractivity contribution in [2.45, 2.75) is 19.4 Å². The first-order valence-corrected chi connectivity index (χ1v) is 10.4. The molecule has 2 aromatic heterocycles. The first-order valence-electron chi connectivity index (χ1n) is 10.4. The maximum Gasteiger partial charge on any atom is 0.545 e. The van der Waals surface area contributed by atoms with Gasteiger partial charge in [0.1, 0.15) is 10.7 Å². The molecule has 0 unspecified atom stereocenters. The highest BCUT2D eigenvalue weighted by Gasteiger charge is 2.31. The number of aromatic nitrogens is 4. The van der Waals surface area contributed by atoms with Crippen molar-refractivity contribution in [3.63, 3.8) is 0 Å². The van der Waals surface area contributed by atoms with Gasteiger partial charge in [-0.3, -0.25) is 4.90 Å². The fraction of sp³-hybridized carbons (Fsp3) is 0.348. The predicted octanol–water partition coefficient (Wildman–Crippen LogP) is 1.27. The highest BCUT2D eigenvalue weighted by Crippen LogP contribution is 2.31. The molecular formula is C23H23F2N6O3+. The van der Waals surface area contributed by atoms with Crippen molar-refractivity contribution in [2.24, 2.45) is 0 Å². The minimum absolute atomic E-state index is 0.0109. The van der Waals surface area contributed by atoms with Gasteiger partial charge in [0.05, 0.1) is 38.6 Å². The van der Waals surface area contributed by atoms with Gasteiger partial charge >= 0.3 is 6.01 Å². The second-order valence-corrected chi connectivity index (χ2v) is 7.61. The molecule has 11 heteroatoms. The molecule has 1 aromatic carbocycles. The number of nitrogens with zero attached hydrogens (tertiary/aromatic N) is 5. The molecule has 3 aromatic rings. The summed E-state index contributed by atoms with van der Waals surface area (Å²) in [4.78, 5) is 2.18. The largest absolute Gasteiger partial charge is 0.545 e. The maximum atomic E-state index is 14.8. The number of fused-ring (bicyclic) bond motifs is 1. The number of hydrogen-bond donors (Lipinski definition) is 2. The Balaban J connectivity index is 1.83. The lowest BCUT2D eigenvalue weighted by molar-refractivity contribution is -0.624. The number of methoxy groups -OCH3 is 2. The molecule has 1 fully saturated rings. The zero-order chi connectivity index (χ0) is 24.4. The number of hydrogen-bond acceptors (Lipinski definition) is 7. The van der Waals surface area contributed by atoms with Crippen LogP contribution in [0.2, 0.25) is 0 Å². The second kappa shape index (κ2) is 9.41. The first kappa shape index (κ1) is 23.1. The Kier molecular flexibility index (Phi) is 6.39. The van der Waals surface area contributed by atoms with Crippen molar-refractivity contribution in [2.75, 3.05) is 39.6 Å². The minimum atomic E-state index is -0.955. The van der Waals surface area contributed by atoms with E-state index in [9.17, 15) is 13.9 Å². The predicted molar refractivity (Wildman–Crippen MR) is 118 cm³/mol. The number of nitrogens with two attached hydrogens (primary N) is 1. The molecule has 0 amide bonds. The molecule has 0 aliphatic carbocycles. The summed E-state index contributed by atoms with van der Waals surface area (Å²) in [5.74, 6) is 8.91. The van der Waals surface area contributed by atoms with Gasteiger partial charge in [-0.15, -0.1) is 5.92 Å². The molecule has 1 aliphatic heterocycles. The van der Waals surface area contributed by atoms with Crippen LogP contribution in [0, 0.1) is 35.3 Å². The van der Waals surface area contributed by atoms with E-state index in [2.05, 4.69) is 38.8 Å². The van der Waals surface area contributed by atoms with E-state index in [-0.39, 0.29) is 34.9 Å². The van der Waals surface area contributed by atoms with E-state index < -0.39 is 17.2 Å². The van der Waals surface area contributed by atoms with E-state index in [0.717, 1.165) is 19.0 Å². The van der Waals surface area contributed by atoms with Crippen LogP contribution in [-0.4, -0.2) is 58.7 Å². The summed E-state index contributed by atoms with van der Waals surface area (Å²) in [5.41, 5.74) is 6.13. The fourth-order valence-corrected chi connectivity index (χ4v) is 3.97. The monoisotopic (exact) mass is 469 g/mol. The third-order valence-corrected chi connectivity index (χ3v) is 5.64. The van der Waals surface area contributed by atoms with Crippen LogP contribution in [0.15, 0.2) is 12.3 Å².